The molecule has 0 aromatic heterocycles. The summed E-state index contributed by atoms with van der Waals surface area (Å²) in [5.74, 6) is -1.20. The van der Waals surface area contributed by atoms with Crippen molar-refractivity contribution in [1.82, 2.24) is 5.32 Å². The molecule has 0 aliphatic carbocycles. The van der Waals surface area contributed by atoms with Gasteiger partial charge in [-0.25, -0.2) is 4.79 Å². The van der Waals surface area contributed by atoms with Crippen LogP contribution in [0.1, 0.15) is 38.7 Å². The maximum Gasteiger partial charge on any atom is 0.329 e. The van der Waals surface area contributed by atoms with E-state index in [2.05, 4.69) is 5.32 Å². The number of amides is 1. The van der Waals surface area contributed by atoms with Crippen molar-refractivity contribution in [3.05, 3.63) is 35.9 Å². The highest BCUT2D eigenvalue weighted by atomic mass is 16.4. The molecule has 2 N–H and O–H groups in total. The van der Waals surface area contributed by atoms with Crippen LogP contribution in [-0.2, 0) is 16.0 Å². The second-order valence-corrected chi connectivity index (χ2v) is 4.92. The summed E-state index contributed by atoms with van der Waals surface area (Å²) in [6.45, 7) is 3.45. The number of hydrogen-bond donors (Lipinski definition) is 2. The Morgan fingerprint density at radius 3 is 2.42 bits per heavy atom. The van der Waals surface area contributed by atoms with Crippen molar-refractivity contribution in [3.63, 3.8) is 0 Å². The molecule has 1 aromatic rings. The Balaban J connectivity index is 2.52. The van der Waals surface area contributed by atoms with Gasteiger partial charge in [-0.05, 0) is 25.3 Å². The van der Waals surface area contributed by atoms with Gasteiger partial charge < -0.3 is 10.4 Å². The zero-order valence-electron chi connectivity index (χ0n) is 11.5. The van der Waals surface area contributed by atoms with Gasteiger partial charge in [0, 0.05) is 6.42 Å². The zero-order valence-corrected chi connectivity index (χ0v) is 11.5. The SMILES string of the molecule is CCCC(C)(NC(=O)CCc1ccccc1)C(=O)O. The van der Waals surface area contributed by atoms with Gasteiger partial charge >= 0.3 is 5.97 Å². The molecule has 4 heteroatoms. The largest absolute Gasteiger partial charge is 0.480 e. The lowest BCUT2D eigenvalue weighted by molar-refractivity contribution is -0.147. The number of hydrogen-bond acceptors (Lipinski definition) is 2. The Bertz CT molecular complexity index is 430. The quantitative estimate of drug-likeness (QED) is 0.793. The summed E-state index contributed by atoms with van der Waals surface area (Å²) in [4.78, 5) is 23.0. The van der Waals surface area contributed by atoms with Gasteiger partial charge in [-0.2, -0.15) is 0 Å². The first-order chi connectivity index (χ1) is 8.98. The van der Waals surface area contributed by atoms with Gasteiger partial charge in [-0.3, -0.25) is 4.79 Å². The van der Waals surface area contributed by atoms with Gasteiger partial charge in [0.1, 0.15) is 5.54 Å². The fraction of sp³-hybridized carbons (Fsp3) is 0.467. The lowest BCUT2D eigenvalue weighted by atomic mass is 9.96. The van der Waals surface area contributed by atoms with Crippen molar-refractivity contribution in [2.75, 3.05) is 0 Å². The Morgan fingerprint density at radius 1 is 1.26 bits per heavy atom. The van der Waals surface area contributed by atoms with Gasteiger partial charge in [0.2, 0.25) is 5.91 Å². The lowest BCUT2D eigenvalue weighted by Gasteiger charge is -2.25. The molecule has 1 atom stereocenters. The van der Waals surface area contributed by atoms with E-state index in [-0.39, 0.29) is 5.91 Å². The van der Waals surface area contributed by atoms with Gasteiger partial charge in [0.25, 0.3) is 0 Å². The maximum atomic E-state index is 11.8. The van der Waals surface area contributed by atoms with E-state index in [9.17, 15) is 14.7 Å². The molecule has 19 heavy (non-hydrogen) atoms. The number of nitrogens with one attached hydrogen (secondary N) is 1. The van der Waals surface area contributed by atoms with Gasteiger partial charge in [-0.15, -0.1) is 0 Å². The van der Waals surface area contributed by atoms with Crippen LogP contribution in [0.4, 0.5) is 0 Å². The average molecular weight is 263 g/mol. The smallest absolute Gasteiger partial charge is 0.329 e. The van der Waals surface area contributed by atoms with Crippen LogP contribution < -0.4 is 5.32 Å². The second kappa shape index (κ2) is 6.92. The summed E-state index contributed by atoms with van der Waals surface area (Å²) in [6, 6.07) is 9.68. The number of carboxylic acids is 1. The highest BCUT2D eigenvalue weighted by Gasteiger charge is 2.33. The van der Waals surface area contributed by atoms with Crippen LogP contribution in [0.25, 0.3) is 0 Å². The second-order valence-electron chi connectivity index (χ2n) is 4.92. The summed E-state index contributed by atoms with van der Waals surface area (Å²) in [7, 11) is 0. The Kier molecular flexibility index (Phi) is 5.55. The molecule has 4 nitrogen and oxygen atoms in total. The van der Waals surface area contributed by atoms with E-state index < -0.39 is 11.5 Å². The Morgan fingerprint density at radius 2 is 1.89 bits per heavy atom. The minimum atomic E-state index is -1.16. The molecule has 1 rings (SSSR count). The first kappa shape index (κ1) is 15.2. The highest BCUT2D eigenvalue weighted by molar-refractivity contribution is 5.86. The Labute approximate surface area is 113 Å². The number of aryl methyl sites for hydroxylation is 1. The van der Waals surface area contributed by atoms with E-state index in [4.69, 9.17) is 0 Å². The molecule has 0 saturated heterocycles. The molecular weight excluding hydrogens is 242 g/mol. The number of carboxylic acid groups (broad SMARTS) is 1. The van der Waals surface area contributed by atoms with Crippen LogP contribution in [0.2, 0.25) is 0 Å². The van der Waals surface area contributed by atoms with Crippen molar-refractivity contribution in [2.24, 2.45) is 0 Å². The lowest BCUT2D eigenvalue weighted by Crippen LogP contribution is -2.52. The monoisotopic (exact) mass is 263 g/mol. The fourth-order valence-electron chi connectivity index (χ4n) is 2.00. The van der Waals surface area contributed by atoms with E-state index in [1.165, 1.54) is 0 Å². The third-order valence-electron chi connectivity index (χ3n) is 3.12. The number of aliphatic carboxylic acids is 1. The first-order valence-electron chi connectivity index (χ1n) is 6.56. The summed E-state index contributed by atoms with van der Waals surface area (Å²) >= 11 is 0. The summed E-state index contributed by atoms with van der Waals surface area (Å²) in [6.07, 6.45) is 2.06. The maximum absolute atomic E-state index is 11.8. The van der Waals surface area contributed by atoms with E-state index in [1.54, 1.807) is 6.92 Å². The van der Waals surface area contributed by atoms with Gasteiger partial charge in [-0.1, -0.05) is 43.7 Å². The molecule has 104 valence electrons. The summed E-state index contributed by atoms with van der Waals surface area (Å²) in [5.41, 5.74) is -0.0899. The molecule has 0 heterocycles. The third-order valence-corrected chi connectivity index (χ3v) is 3.12. The predicted octanol–water partition coefficient (Wildman–Crippen LogP) is 2.38. The van der Waals surface area contributed by atoms with Crippen molar-refractivity contribution >= 4 is 11.9 Å². The fourth-order valence-corrected chi connectivity index (χ4v) is 2.00. The zero-order chi connectivity index (χ0) is 14.3. The first-order valence-corrected chi connectivity index (χ1v) is 6.56. The molecule has 0 aliphatic heterocycles. The Hall–Kier alpha value is -1.84. The molecule has 0 bridgehead atoms. The molecule has 0 radical (unpaired) electrons. The van der Waals surface area contributed by atoms with E-state index >= 15 is 0 Å². The number of benzene rings is 1. The van der Waals surface area contributed by atoms with Crippen LogP contribution in [-0.4, -0.2) is 22.5 Å². The van der Waals surface area contributed by atoms with Crippen LogP contribution in [0.3, 0.4) is 0 Å². The molecular formula is C15H21NO3. The normalized spacial score (nSPS) is 13.6. The molecule has 0 fully saturated rings. The summed E-state index contributed by atoms with van der Waals surface area (Å²) < 4.78 is 0. The standard InChI is InChI=1S/C15H21NO3/c1-3-11-15(2,14(18)19)16-13(17)10-9-12-7-5-4-6-8-12/h4-8H,3,9-11H2,1-2H3,(H,16,17)(H,18,19). The average Bonchev–Trinajstić information content (AvgIpc) is 2.37. The predicted molar refractivity (Wildman–Crippen MR) is 73.9 cm³/mol. The van der Waals surface area contributed by atoms with Gasteiger partial charge in [0.05, 0.1) is 0 Å². The number of carbonyl (C=O) groups excluding carboxylic acids is 1. The van der Waals surface area contributed by atoms with Crippen LogP contribution in [0.15, 0.2) is 30.3 Å². The van der Waals surface area contributed by atoms with Crippen molar-refractivity contribution in [2.45, 2.75) is 45.1 Å². The van der Waals surface area contributed by atoms with Crippen molar-refractivity contribution in [3.8, 4) is 0 Å². The molecule has 0 saturated carbocycles. The van der Waals surface area contributed by atoms with Gasteiger partial charge in [0.15, 0.2) is 0 Å². The van der Waals surface area contributed by atoms with Crippen LogP contribution in [0, 0.1) is 0 Å². The minimum absolute atomic E-state index is 0.220. The molecule has 0 spiro atoms. The van der Waals surface area contributed by atoms with E-state index in [0.717, 1.165) is 5.56 Å². The van der Waals surface area contributed by atoms with E-state index in [0.29, 0.717) is 25.7 Å². The highest BCUT2D eigenvalue weighted by Crippen LogP contribution is 2.13. The number of rotatable bonds is 7. The topological polar surface area (TPSA) is 66.4 Å². The molecule has 0 aliphatic rings. The third kappa shape index (κ3) is 4.73. The number of carbonyl (C=O) groups is 2. The molecule has 1 aromatic carbocycles. The summed E-state index contributed by atoms with van der Waals surface area (Å²) in [5, 5.41) is 11.8. The van der Waals surface area contributed by atoms with Crippen molar-refractivity contribution < 1.29 is 14.7 Å². The molecule has 1 amide bonds. The van der Waals surface area contributed by atoms with Crippen LogP contribution >= 0.6 is 0 Å². The minimum Gasteiger partial charge on any atom is -0.480 e. The van der Waals surface area contributed by atoms with Crippen molar-refractivity contribution in [1.29, 1.82) is 0 Å². The van der Waals surface area contributed by atoms with E-state index in [1.807, 2.05) is 37.3 Å². The van der Waals surface area contributed by atoms with Crippen LogP contribution in [0.5, 0.6) is 0 Å². The molecule has 1 unspecified atom stereocenters.